The van der Waals surface area contributed by atoms with Crippen LogP contribution in [0.3, 0.4) is 0 Å². The minimum atomic E-state index is 1.11. The number of piperazine rings is 1. The Morgan fingerprint density at radius 1 is 1.06 bits per heavy atom. The third kappa shape index (κ3) is 1.76. The van der Waals surface area contributed by atoms with E-state index < -0.39 is 0 Å². The van der Waals surface area contributed by atoms with Gasteiger partial charge in [0.15, 0.2) is 0 Å². The first kappa shape index (κ1) is 9.97. The molecular formula is C13H19N3. The zero-order valence-corrected chi connectivity index (χ0v) is 9.63. The van der Waals surface area contributed by atoms with Gasteiger partial charge in [0.2, 0.25) is 0 Å². The third-order valence-electron chi connectivity index (χ3n) is 3.53. The SMILES string of the molecule is c1cc2c(c(N3CCNCC3)c1)CCCN2. The van der Waals surface area contributed by atoms with Gasteiger partial charge in [0.05, 0.1) is 0 Å². The Hall–Kier alpha value is -1.22. The summed E-state index contributed by atoms with van der Waals surface area (Å²) in [5.41, 5.74) is 4.32. The van der Waals surface area contributed by atoms with Crippen LogP contribution >= 0.6 is 0 Å². The Labute approximate surface area is 96.8 Å². The maximum Gasteiger partial charge on any atom is 0.0420 e. The molecule has 1 aromatic rings. The van der Waals surface area contributed by atoms with E-state index in [4.69, 9.17) is 0 Å². The summed E-state index contributed by atoms with van der Waals surface area (Å²) in [7, 11) is 0. The van der Waals surface area contributed by atoms with E-state index in [1.165, 1.54) is 29.8 Å². The number of hydrogen-bond donors (Lipinski definition) is 2. The van der Waals surface area contributed by atoms with Gasteiger partial charge in [0, 0.05) is 44.1 Å². The molecule has 3 rings (SSSR count). The summed E-state index contributed by atoms with van der Waals surface area (Å²) in [6, 6.07) is 6.66. The van der Waals surface area contributed by atoms with E-state index in [2.05, 4.69) is 33.7 Å². The van der Waals surface area contributed by atoms with Gasteiger partial charge in [-0.3, -0.25) is 0 Å². The second kappa shape index (κ2) is 4.34. The molecule has 86 valence electrons. The van der Waals surface area contributed by atoms with Gasteiger partial charge in [-0.15, -0.1) is 0 Å². The molecule has 2 N–H and O–H groups in total. The van der Waals surface area contributed by atoms with E-state index >= 15 is 0 Å². The van der Waals surface area contributed by atoms with Crippen LogP contribution in [0.5, 0.6) is 0 Å². The second-order valence-corrected chi connectivity index (χ2v) is 4.57. The maximum absolute atomic E-state index is 3.50. The van der Waals surface area contributed by atoms with Gasteiger partial charge >= 0.3 is 0 Å². The molecule has 0 saturated carbocycles. The normalized spacial score (nSPS) is 20.1. The lowest BCUT2D eigenvalue weighted by molar-refractivity contribution is 0.587. The summed E-state index contributed by atoms with van der Waals surface area (Å²) in [6.07, 6.45) is 2.48. The van der Waals surface area contributed by atoms with Crippen molar-refractivity contribution in [2.45, 2.75) is 12.8 Å². The van der Waals surface area contributed by atoms with Crippen molar-refractivity contribution < 1.29 is 0 Å². The largest absolute Gasteiger partial charge is 0.385 e. The minimum absolute atomic E-state index is 1.11. The fourth-order valence-electron chi connectivity index (χ4n) is 2.69. The lowest BCUT2D eigenvalue weighted by Gasteiger charge is -2.33. The van der Waals surface area contributed by atoms with E-state index in [0.29, 0.717) is 0 Å². The molecule has 0 unspecified atom stereocenters. The molecule has 2 aliphatic rings. The predicted molar refractivity (Wildman–Crippen MR) is 68.3 cm³/mol. The Kier molecular flexibility index (Phi) is 2.70. The average Bonchev–Trinajstić information content (AvgIpc) is 2.39. The molecule has 0 bridgehead atoms. The number of nitrogens with one attached hydrogen (secondary N) is 2. The predicted octanol–water partition coefficient (Wildman–Crippen LogP) is 1.45. The summed E-state index contributed by atoms with van der Waals surface area (Å²) < 4.78 is 0. The number of hydrogen-bond acceptors (Lipinski definition) is 3. The topological polar surface area (TPSA) is 27.3 Å². The molecule has 0 atom stereocenters. The molecule has 3 nitrogen and oxygen atoms in total. The Morgan fingerprint density at radius 3 is 2.81 bits per heavy atom. The summed E-state index contributed by atoms with van der Waals surface area (Å²) in [4.78, 5) is 2.52. The highest BCUT2D eigenvalue weighted by atomic mass is 15.2. The molecule has 2 aliphatic heterocycles. The van der Waals surface area contributed by atoms with Crippen LogP contribution in [0, 0.1) is 0 Å². The standard InChI is InChI=1S/C13H19N3/c1-4-12-11(3-2-6-15-12)13(5-1)16-9-7-14-8-10-16/h1,4-5,14-15H,2-3,6-10H2. The summed E-state index contributed by atoms with van der Waals surface area (Å²) in [5.74, 6) is 0. The molecule has 3 heteroatoms. The van der Waals surface area contributed by atoms with E-state index in [9.17, 15) is 0 Å². The first-order valence-corrected chi connectivity index (χ1v) is 6.26. The number of fused-ring (bicyclic) bond motifs is 1. The fraction of sp³-hybridized carbons (Fsp3) is 0.538. The molecular weight excluding hydrogens is 198 g/mol. The summed E-state index contributed by atoms with van der Waals surface area (Å²) in [6.45, 7) is 5.61. The monoisotopic (exact) mass is 217 g/mol. The quantitative estimate of drug-likeness (QED) is 0.745. The Morgan fingerprint density at radius 2 is 1.94 bits per heavy atom. The molecule has 2 heterocycles. The molecule has 1 aromatic carbocycles. The van der Waals surface area contributed by atoms with E-state index in [1.54, 1.807) is 0 Å². The molecule has 16 heavy (non-hydrogen) atoms. The van der Waals surface area contributed by atoms with Gasteiger partial charge in [-0.2, -0.15) is 0 Å². The number of benzene rings is 1. The lowest BCUT2D eigenvalue weighted by atomic mass is 10.0. The fourth-order valence-corrected chi connectivity index (χ4v) is 2.69. The van der Waals surface area contributed by atoms with Crippen molar-refractivity contribution in [1.82, 2.24) is 5.32 Å². The van der Waals surface area contributed by atoms with Crippen LogP contribution < -0.4 is 15.5 Å². The number of rotatable bonds is 1. The first-order valence-electron chi connectivity index (χ1n) is 6.26. The molecule has 1 fully saturated rings. The van der Waals surface area contributed by atoms with Crippen LogP contribution in [0.25, 0.3) is 0 Å². The molecule has 0 amide bonds. The third-order valence-corrected chi connectivity index (χ3v) is 3.53. The van der Waals surface area contributed by atoms with Crippen LogP contribution in [-0.4, -0.2) is 32.7 Å². The van der Waals surface area contributed by atoms with Crippen molar-refractivity contribution in [3.05, 3.63) is 23.8 Å². The highest BCUT2D eigenvalue weighted by Gasteiger charge is 2.17. The molecule has 1 saturated heterocycles. The van der Waals surface area contributed by atoms with Crippen molar-refractivity contribution in [2.75, 3.05) is 42.9 Å². The van der Waals surface area contributed by atoms with Gasteiger partial charge in [0.1, 0.15) is 0 Å². The van der Waals surface area contributed by atoms with Crippen LogP contribution in [0.4, 0.5) is 11.4 Å². The van der Waals surface area contributed by atoms with Crippen molar-refractivity contribution >= 4 is 11.4 Å². The zero-order valence-electron chi connectivity index (χ0n) is 9.63. The van der Waals surface area contributed by atoms with E-state index in [0.717, 1.165) is 32.7 Å². The van der Waals surface area contributed by atoms with Crippen molar-refractivity contribution in [3.8, 4) is 0 Å². The van der Waals surface area contributed by atoms with Gasteiger partial charge in [0.25, 0.3) is 0 Å². The second-order valence-electron chi connectivity index (χ2n) is 4.57. The van der Waals surface area contributed by atoms with Gasteiger partial charge < -0.3 is 15.5 Å². The highest BCUT2D eigenvalue weighted by Crippen LogP contribution is 2.31. The lowest BCUT2D eigenvalue weighted by Crippen LogP contribution is -2.44. The van der Waals surface area contributed by atoms with Crippen molar-refractivity contribution in [2.24, 2.45) is 0 Å². The van der Waals surface area contributed by atoms with Crippen molar-refractivity contribution in [1.29, 1.82) is 0 Å². The highest BCUT2D eigenvalue weighted by molar-refractivity contribution is 5.68. The van der Waals surface area contributed by atoms with Crippen molar-refractivity contribution in [3.63, 3.8) is 0 Å². The molecule has 0 aliphatic carbocycles. The maximum atomic E-state index is 3.50. The summed E-state index contributed by atoms with van der Waals surface area (Å²) >= 11 is 0. The number of anilines is 2. The van der Waals surface area contributed by atoms with Gasteiger partial charge in [-0.25, -0.2) is 0 Å². The zero-order chi connectivity index (χ0) is 10.8. The van der Waals surface area contributed by atoms with E-state index in [-0.39, 0.29) is 0 Å². The van der Waals surface area contributed by atoms with Crippen LogP contribution in [0.1, 0.15) is 12.0 Å². The number of nitrogens with zero attached hydrogens (tertiary/aromatic N) is 1. The van der Waals surface area contributed by atoms with Gasteiger partial charge in [-0.1, -0.05) is 6.07 Å². The first-order chi connectivity index (χ1) is 7.95. The van der Waals surface area contributed by atoms with E-state index in [1.807, 2.05) is 0 Å². The Balaban J connectivity index is 1.93. The smallest absolute Gasteiger partial charge is 0.0420 e. The molecule has 0 spiro atoms. The van der Waals surface area contributed by atoms with Crippen LogP contribution in [0.15, 0.2) is 18.2 Å². The Bertz CT molecular complexity index is 369. The molecule has 0 radical (unpaired) electrons. The van der Waals surface area contributed by atoms with Crippen LogP contribution in [-0.2, 0) is 6.42 Å². The minimum Gasteiger partial charge on any atom is -0.385 e. The van der Waals surface area contributed by atoms with Gasteiger partial charge in [-0.05, 0) is 30.5 Å². The average molecular weight is 217 g/mol. The summed E-state index contributed by atoms with van der Waals surface area (Å²) in [5, 5.41) is 6.91. The van der Waals surface area contributed by atoms with Crippen LogP contribution in [0.2, 0.25) is 0 Å². The molecule has 0 aromatic heterocycles.